The molecule has 0 saturated carbocycles. The molecule has 6 heteroatoms. The Balaban J connectivity index is 1.86. The highest BCUT2D eigenvalue weighted by Gasteiger charge is 2.33. The van der Waals surface area contributed by atoms with Crippen molar-refractivity contribution >= 4 is 5.91 Å². The van der Waals surface area contributed by atoms with Gasteiger partial charge < -0.3 is 14.6 Å². The van der Waals surface area contributed by atoms with E-state index in [1.54, 1.807) is 4.90 Å². The number of amides is 1. The Morgan fingerprint density at radius 1 is 1.25 bits per heavy atom. The van der Waals surface area contributed by atoms with Gasteiger partial charge in [0.2, 0.25) is 0 Å². The molecule has 1 aliphatic rings. The molecule has 0 bridgehead atoms. The molecule has 0 spiro atoms. The predicted octanol–water partition coefficient (Wildman–Crippen LogP) is 2.01. The fourth-order valence-corrected chi connectivity index (χ4v) is 2.83. The summed E-state index contributed by atoms with van der Waals surface area (Å²) < 4.78 is 6.19. The third kappa shape index (κ3) is 3.54. The maximum absolute atomic E-state index is 12.8. The van der Waals surface area contributed by atoms with E-state index in [1.807, 2.05) is 30.3 Å². The molecule has 1 N–H and O–H groups in total. The van der Waals surface area contributed by atoms with Gasteiger partial charge in [-0.2, -0.15) is 0 Å². The Hall–Kier alpha value is -2.47. The molecule has 1 aliphatic heterocycles. The minimum Gasteiger partial charge on any atom is -0.366 e. The summed E-state index contributed by atoms with van der Waals surface area (Å²) in [5.74, 6) is 0.0508. The molecule has 0 unspecified atom stereocenters. The Kier molecular flexibility index (Phi) is 4.76. The van der Waals surface area contributed by atoms with E-state index in [0.717, 1.165) is 11.8 Å². The quantitative estimate of drug-likeness (QED) is 0.936. The molecule has 2 aromatic rings. The first-order valence-corrected chi connectivity index (χ1v) is 8.08. The fourth-order valence-electron chi connectivity index (χ4n) is 2.83. The summed E-state index contributed by atoms with van der Waals surface area (Å²) in [5, 5.41) is 0. The lowest BCUT2D eigenvalue weighted by molar-refractivity contribution is -0.0955. The number of ether oxygens (including phenoxy) is 1. The minimum atomic E-state index is -0.380. The summed E-state index contributed by atoms with van der Waals surface area (Å²) in [7, 11) is 0. The third-order valence-electron chi connectivity index (χ3n) is 4.21. The number of rotatable bonds is 3. The largest absolute Gasteiger partial charge is 0.366 e. The first kappa shape index (κ1) is 16.4. The van der Waals surface area contributed by atoms with Crippen molar-refractivity contribution in [2.24, 2.45) is 5.92 Å². The van der Waals surface area contributed by atoms with Gasteiger partial charge in [0.1, 0.15) is 11.8 Å². The normalized spacial score (nSPS) is 21.0. The number of morpholine rings is 1. The number of hydrogen-bond acceptors (Lipinski definition) is 4. The topological polar surface area (TPSA) is 75.3 Å². The number of H-pyrrole nitrogens is 1. The highest BCUT2D eigenvalue weighted by molar-refractivity contribution is 5.92. The van der Waals surface area contributed by atoms with Crippen molar-refractivity contribution < 1.29 is 9.53 Å². The van der Waals surface area contributed by atoms with Crippen LogP contribution in [0.15, 0.2) is 47.5 Å². The lowest BCUT2D eigenvalue weighted by Gasteiger charge is -2.40. The van der Waals surface area contributed by atoms with Crippen LogP contribution in [0.3, 0.4) is 0 Å². The van der Waals surface area contributed by atoms with Crippen molar-refractivity contribution in [3.05, 3.63) is 64.3 Å². The summed E-state index contributed by atoms with van der Waals surface area (Å²) in [5.41, 5.74) is 0.869. The zero-order valence-electron chi connectivity index (χ0n) is 13.8. The SMILES string of the molecule is CC(C)[C@H]1CN(C(=O)c2cncc(=O)[nH]2)C[C@@H](c2ccccc2)O1. The molecule has 24 heavy (non-hydrogen) atoms. The van der Waals surface area contributed by atoms with Crippen LogP contribution < -0.4 is 5.56 Å². The number of hydrogen-bond donors (Lipinski definition) is 1. The average molecular weight is 327 g/mol. The molecule has 1 saturated heterocycles. The maximum Gasteiger partial charge on any atom is 0.272 e. The summed E-state index contributed by atoms with van der Waals surface area (Å²) in [6.07, 6.45) is 2.30. The van der Waals surface area contributed by atoms with Gasteiger partial charge in [-0.1, -0.05) is 44.2 Å². The van der Waals surface area contributed by atoms with Gasteiger partial charge in [0.05, 0.1) is 25.0 Å². The Labute approximate surface area is 140 Å². The van der Waals surface area contributed by atoms with E-state index < -0.39 is 0 Å². The number of nitrogens with zero attached hydrogens (tertiary/aromatic N) is 2. The van der Waals surface area contributed by atoms with Gasteiger partial charge in [-0.05, 0) is 11.5 Å². The lowest BCUT2D eigenvalue weighted by Crippen LogP contribution is -2.49. The van der Waals surface area contributed by atoms with E-state index in [-0.39, 0.29) is 35.3 Å². The first-order chi connectivity index (χ1) is 11.5. The van der Waals surface area contributed by atoms with Crippen molar-refractivity contribution in [3.63, 3.8) is 0 Å². The molecule has 0 aliphatic carbocycles. The molecule has 1 amide bonds. The molecular formula is C18H21N3O3. The van der Waals surface area contributed by atoms with Crippen molar-refractivity contribution in [1.82, 2.24) is 14.9 Å². The molecule has 0 radical (unpaired) electrons. The first-order valence-electron chi connectivity index (χ1n) is 8.08. The molecule has 1 aromatic carbocycles. The third-order valence-corrected chi connectivity index (χ3v) is 4.21. The predicted molar refractivity (Wildman–Crippen MR) is 89.7 cm³/mol. The van der Waals surface area contributed by atoms with Crippen LogP contribution in [-0.4, -0.2) is 40.0 Å². The summed E-state index contributed by atoms with van der Waals surface area (Å²) in [6.45, 7) is 5.10. The standard InChI is InChI=1S/C18H21N3O3/c1-12(2)15-10-21(18(23)14-8-19-9-17(22)20-14)11-16(24-15)13-6-4-3-5-7-13/h3-9,12,15-16H,10-11H2,1-2H3,(H,20,22)/t15-,16+/m1/s1. The van der Waals surface area contributed by atoms with Crippen LogP contribution in [0, 0.1) is 5.92 Å². The second kappa shape index (κ2) is 6.97. The molecule has 1 aromatic heterocycles. The summed E-state index contributed by atoms with van der Waals surface area (Å²) in [4.78, 5) is 32.3. The van der Waals surface area contributed by atoms with Crippen molar-refractivity contribution in [2.45, 2.75) is 26.1 Å². The van der Waals surface area contributed by atoms with E-state index >= 15 is 0 Å². The Bertz CT molecular complexity index is 757. The second-order valence-electron chi connectivity index (χ2n) is 6.34. The average Bonchev–Trinajstić information content (AvgIpc) is 2.61. The fraction of sp³-hybridized carbons (Fsp3) is 0.389. The van der Waals surface area contributed by atoms with Gasteiger partial charge >= 0.3 is 0 Å². The maximum atomic E-state index is 12.8. The van der Waals surface area contributed by atoms with Crippen molar-refractivity contribution in [3.8, 4) is 0 Å². The van der Waals surface area contributed by atoms with Crippen LogP contribution in [0.25, 0.3) is 0 Å². The second-order valence-corrected chi connectivity index (χ2v) is 6.34. The van der Waals surface area contributed by atoms with Crippen LogP contribution in [0.4, 0.5) is 0 Å². The smallest absolute Gasteiger partial charge is 0.272 e. The number of benzene rings is 1. The van der Waals surface area contributed by atoms with Gasteiger partial charge in [-0.3, -0.25) is 14.6 Å². The van der Waals surface area contributed by atoms with E-state index in [2.05, 4.69) is 23.8 Å². The van der Waals surface area contributed by atoms with Gasteiger partial charge in [0.25, 0.3) is 11.5 Å². The van der Waals surface area contributed by atoms with E-state index in [0.29, 0.717) is 13.1 Å². The number of aromatic amines is 1. The monoisotopic (exact) mass is 327 g/mol. The Morgan fingerprint density at radius 3 is 2.67 bits per heavy atom. The molecule has 126 valence electrons. The lowest BCUT2D eigenvalue weighted by atomic mass is 10.0. The van der Waals surface area contributed by atoms with Gasteiger partial charge in [-0.25, -0.2) is 0 Å². The number of carbonyl (C=O) groups excluding carboxylic acids is 1. The summed E-state index contributed by atoms with van der Waals surface area (Å²) >= 11 is 0. The number of aromatic nitrogens is 2. The van der Waals surface area contributed by atoms with Crippen LogP contribution in [0.2, 0.25) is 0 Å². The van der Waals surface area contributed by atoms with Crippen molar-refractivity contribution in [2.75, 3.05) is 13.1 Å². The molecule has 1 fully saturated rings. The van der Waals surface area contributed by atoms with Crippen LogP contribution in [0.1, 0.15) is 36.0 Å². The molecule has 6 nitrogen and oxygen atoms in total. The van der Waals surface area contributed by atoms with Crippen LogP contribution >= 0.6 is 0 Å². The van der Waals surface area contributed by atoms with E-state index in [4.69, 9.17) is 4.74 Å². The number of carbonyl (C=O) groups is 1. The van der Waals surface area contributed by atoms with Crippen molar-refractivity contribution in [1.29, 1.82) is 0 Å². The van der Waals surface area contributed by atoms with Crippen LogP contribution in [-0.2, 0) is 4.74 Å². The van der Waals surface area contributed by atoms with E-state index in [9.17, 15) is 9.59 Å². The molecule has 2 heterocycles. The zero-order valence-corrected chi connectivity index (χ0v) is 13.8. The van der Waals surface area contributed by atoms with Gasteiger partial charge in [-0.15, -0.1) is 0 Å². The van der Waals surface area contributed by atoms with Crippen LogP contribution in [0.5, 0.6) is 0 Å². The minimum absolute atomic E-state index is 0.0590. The Morgan fingerprint density at radius 2 is 2.00 bits per heavy atom. The molecule has 3 rings (SSSR count). The highest BCUT2D eigenvalue weighted by atomic mass is 16.5. The highest BCUT2D eigenvalue weighted by Crippen LogP contribution is 2.28. The van der Waals surface area contributed by atoms with Gasteiger partial charge in [0.15, 0.2) is 0 Å². The zero-order chi connectivity index (χ0) is 17.1. The molecule has 2 atom stereocenters. The van der Waals surface area contributed by atoms with E-state index in [1.165, 1.54) is 6.20 Å². The van der Waals surface area contributed by atoms with Gasteiger partial charge in [0, 0.05) is 6.54 Å². The molecular weight excluding hydrogens is 306 g/mol. The summed E-state index contributed by atoms with van der Waals surface area (Å²) in [6, 6.07) is 9.88. The number of nitrogens with one attached hydrogen (secondary N) is 1.